The second-order valence-corrected chi connectivity index (χ2v) is 2.65. The van der Waals surface area contributed by atoms with Crippen molar-refractivity contribution >= 4 is 12.1 Å². The zero-order valence-corrected chi connectivity index (χ0v) is 6.39. The number of phenolic OH excluding ortho intramolecular Hbond substituents is 2. The number of amides is 1. The van der Waals surface area contributed by atoms with E-state index in [1.807, 2.05) is 0 Å². The van der Waals surface area contributed by atoms with E-state index in [9.17, 15) is 15.1 Å². The minimum Gasteiger partial charge on any atom is -0.616 e. The molecule has 1 aromatic carbocycles. The number of carbonyl (C=O) groups excluding carboxylic acids is 1. The molecule has 1 aromatic rings. The molecule has 5 nitrogen and oxygen atoms in total. The minimum absolute atomic E-state index is 0.0694. The molecule has 0 saturated carbocycles. The summed E-state index contributed by atoms with van der Waals surface area (Å²) in [5, 5.41) is 29.1. The Kier molecular flexibility index (Phi) is 1.30. The molecule has 0 atom stereocenters. The van der Waals surface area contributed by atoms with Gasteiger partial charge in [0.15, 0.2) is 17.7 Å². The van der Waals surface area contributed by atoms with Gasteiger partial charge in [-0.3, -0.25) is 0 Å². The molecule has 0 saturated heterocycles. The Balaban J connectivity index is 2.74. The number of benzene rings is 1. The third kappa shape index (κ3) is 0.868. The van der Waals surface area contributed by atoms with Crippen molar-refractivity contribution in [2.45, 2.75) is 0 Å². The standard InChI is InChI=1S/C8H5NO4/c10-6-2-1-4-5(7(6)11)3-9(13)8(4)12/h1-3,10-11H. The van der Waals surface area contributed by atoms with Gasteiger partial charge in [0.2, 0.25) is 0 Å². The van der Waals surface area contributed by atoms with Gasteiger partial charge in [0.05, 0.1) is 0 Å². The van der Waals surface area contributed by atoms with Gasteiger partial charge in [-0.2, -0.15) is 0 Å². The molecule has 13 heavy (non-hydrogen) atoms. The van der Waals surface area contributed by atoms with Crippen molar-refractivity contribution in [2.24, 2.45) is 0 Å². The predicted molar refractivity (Wildman–Crippen MR) is 42.9 cm³/mol. The van der Waals surface area contributed by atoms with E-state index in [2.05, 4.69) is 0 Å². The van der Waals surface area contributed by atoms with E-state index in [0.717, 1.165) is 6.21 Å². The van der Waals surface area contributed by atoms with E-state index in [4.69, 9.17) is 5.11 Å². The Morgan fingerprint density at radius 2 is 2.00 bits per heavy atom. The smallest absolute Gasteiger partial charge is 0.431 e. The molecular weight excluding hydrogens is 174 g/mol. The molecule has 5 heteroatoms. The monoisotopic (exact) mass is 179 g/mol. The Morgan fingerprint density at radius 1 is 1.31 bits per heavy atom. The molecule has 66 valence electrons. The highest BCUT2D eigenvalue weighted by molar-refractivity contribution is 6.06. The summed E-state index contributed by atoms with van der Waals surface area (Å²) in [5.41, 5.74) is 0.172. The van der Waals surface area contributed by atoms with Crippen molar-refractivity contribution in [3.63, 3.8) is 0 Å². The van der Waals surface area contributed by atoms with Crippen LogP contribution in [0.2, 0.25) is 0 Å². The first kappa shape index (κ1) is 7.60. The molecule has 0 fully saturated rings. The number of nitrogens with zero attached hydrogens (tertiary/aromatic N) is 1. The molecule has 1 aliphatic heterocycles. The fourth-order valence-electron chi connectivity index (χ4n) is 1.21. The molecule has 2 N–H and O–H groups in total. The molecule has 2 rings (SSSR count). The number of hydrogen-bond acceptors (Lipinski definition) is 4. The number of hydroxylamine groups is 1. The van der Waals surface area contributed by atoms with Gasteiger partial charge in [-0.05, 0) is 12.1 Å². The summed E-state index contributed by atoms with van der Waals surface area (Å²) in [5.74, 6) is -1.52. The van der Waals surface area contributed by atoms with Crippen LogP contribution >= 0.6 is 0 Å². The van der Waals surface area contributed by atoms with Crippen molar-refractivity contribution in [1.29, 1.82) is 0 Å². The second-order valence-electron chi connectivity index (χ2n) is 2.65. The van der Waals surface area contributed by atoms with Crippen molar-refractivity contribution in [2.75, 3.05) is 0 Å². The minimum atomic E-state index is -0.731. The average molecular weight is 179 g/mol. The lowest BCUT2D eigenvalue weighted by Crippen LogP contribution is -2.07. The number of hydrogen-bond donors (Lipinski definition) is 2. The van der Waals surface area contributed by atoms with Crippen molar-refractivity contribution < 1.29 is 19.7 Å². The van der Waals surface area contributed by atoms with Crippen LogP contribution in [-0.2, 0) is 0 Å². The lowest BCUT2D eigenvalue weighted by Gasteiger charge is -1.97. The number of aromatic hydroxyl groups is 2. The van der Waals surface area contributed by atoms with Gasteiger partial charge >= 0.3 is 5.91 Å². The van der Waals surface area contributed by atoms with Crippen LogP contribution in [0.5, 0.6) is 11.5 Å². The highest BCUT2D eigenvalue weighted by Gasteiger charge is 2.30. The summed E-state index contributed by atoms with van der Waals surface area (Å²) in [6.07, 6.45) is 0.937. The van der Waals surface area contributed by atoms with Crippen molar-refractivity contribution in [3.8, 4) is 11.5 Å². The molecule has 0 bridgehead atoms. The van der Waals surface area contributed by atoms with Crippen LogP contribution in [0.1, 0.15) is 15.9 Å². The third-order valence-corrected chi connectivity index (χ3v) is 1.87. The second kappa shape index (κ2) is 2.22. The molecule has 1 aliphatic rings. The van der Waals surface area contributed by atoms with Crippen LogP contribution in [0.3, 0.4) is 0 Å². The Bertz CT molecular complexity index is 436. The average Bonchev–Trinajstić information content (AvgIpc) is 2.38. The lowest BCUT2D eigenvalue weighted by atomic mass is 10.1. The highest BCUT2D eigenvalue weighted by Crippen LogP contribution is 2.32. The van der Waals surface area contributed by atoms with Gasteiger partial charge in [0.25, 0.3) is 0 Å². The van der Waals surface area contributed by atoms with Crippen LogP contribution in [-0.4, -0.2) is 27.1 Å². The maximum atomic E-state index is 11.0. The fourth-order valence-corrected chi connectivity index (χ4v) is 1.21. The summed E-state index contributed by atoms with van der Waals surface area (Å²) < 4.78 is 0.115. The lowest BCUT2D eigenvalue weighted by molar-refractivity contribution is -0.342. The van der Waals surface area contributed by atoms with Crippen LogP contribution in [0, 0.1) is 5.21 Å². The Hall–Kier alpha value is -2.04. The molecule has 0 unspecified atom stereocenters. The van der Waals surface area contributed by atoms with Gasteiger partial charge in [-0.1, -0.05) is 0 Å². The van der Waals surface area contributed by atoms with E-state index >= 15 is 0 Å². The largest absolute Gasteiger partial charge is 0.616 e. The molecule has 0 aromatic heterocycles. The molecule has 1 heterocycles. The van der Waals surface area contributed by atoms with E-state index in [1.54, 1.807) is 0 Å². The van der Waals surface area contributed by atoms with E-state index in [-0.39, 0.29) is 21.6 Å². The number of phenols is 2. The topological polar surface area (TPSA) is 83.6 Å². The van der Waals surface area contributed by atoms with Crippen LogP contribution in [0.15, 0.2) is 12.1 Å². The summed E-state index contributed by atoms with van der Waals surface area (Å²) in [6.45, 7) is 0. The fraction of sp³-hybridized carbons (Fsp3) is 0. The SMILES string of the molecule is O=C1c2ccc(O)c(O)c2C=[N+]1[O-]. The highest BCUT2D eigenvalue weighted by atomic mass is 16.5. The zero-order valence-electron chi connectivity index (χ0n) is 6.39. The molecule has 1 amide bonds. The zero-order chi connectivity index (χ0) is 9.59. The maximum Gasteiger partial charge on any atom is 0.431 e. The molecular formula is C8H5NO4. The summed E-state index contributed by atoms with van der Waals surface area (Å²) >= 11 is 0. The van der Waals surface area contributed by atoms with Gasteiger partial charge in [-0.15, -0.1) is 4.74 Å². The quantitative estimate of drug-likeness (QED) is 0.338. The van der Waals surface area contributed by atoms with E-state index in [0.29, 0.717) is 0 Å². The Morgan fingerprint density at radius 3 is 2.69 bits per heavy atom. The number of rotatable bonds is 0. The van der Waals surface area contributed by atoms with Crippen LogP contribution in [0.25, 0.3) is 0 Å². The van der Waals surface area contributed by atoms with E-state index < -0.39 is 11.7 Å². The summed E-state index contributed by atoms with van der Waals surface area (Å²) in [4.78, 5) is 11.0. The first-order chi connectivity index (χ1) is 6.11. The number of fused-ring (bicyclic) bond motifs is 1. The molecule has 0 aliphatic carbocycles. The first-order valence-electron chi connectivity index (χ1n) is 3.52. The van der Waals surface area contributed by atoms with Crippen molar-refractivity contribution in [1.82, 2.24) is 0 Å². The molecule has 0 spiro atoms. The normalized spacial score (nSPS) is 14.2. The summed E-state index contributed by atoms with van der Waals surface area (Å²) in [6, 6.07) is 2.46. The summed E-state index contributed by atoms with van der Waals surface area (Å²) in [7, 11) is 0. The van der Waals surface area contributed by atoms with Gasteiger partial charge in [-0.25, -0.2) is 4.79 Å². The predicted octanol–water partition coefficient (Wildman–Crippen LogP) is 0.181. The van der Waals surface area contributed by atoms with Crippen LogP contribution in [0.4, 0.5) is 0 Å². The van der Waals surface area contributed by atoms with Gasteiger partial charge in [0, 0.05) is 0 Å². The van der Waals surface area contributed by atoms with Gasteiger partial charge < -0.3 is 15.4 Å². The maximum absolute atomic E-state index is 11.0. The van der Waals surface area contributed by atoms with Crippen LogP contribution < -0.4 is 0 Å². The Labute approximate surface area is 72.8 Å². The first-order valence-corrected chi connectivity index (χ1v) is 3.52. The van der Waals surface area contributed by atoms with E-state index in [1.165, 1.54) is 12.1 Å². The molecule has 0 radical (unpaired) electrons. The van der Waals surface area contributed by atoms with Crippen molar-refractivity contribution in [3.05, 3.63) is 28.5 Å². The third-order valence-electron chi connectivity index (χ3n) is 1.87. The number of carbonyl (C=O) groups is 1. The van der Waals surface area contributed by atoms with Gasteiger partial charge in [0.1, 0.15) is 11.1 Å².